The number of hydrogen-bond donors (Lipinski definition) is 3. The largest absolute Gasteiger partial charge is 0.480 e. The quantitative estimate of drug-likeness (QED) is 0.565. The van der Waals surface area contributed by atoms with E-state index in [1.54, 1.807) is 0 Å². The highest BCUT2D eigenvalue weighted by atomic mass is 16.4. The predicted molar refractivity (Wildman–Crippen MR) is 41.6 cm³/mol. The first-order valence-corrected chi connectivity index (χ1v) is 3.55. The average Bonchev–Trinajstić information content (AvgIpc) is 2.46. The van der Waals surface area contributed by atoms with Crippen LogP contribution in [0.5, 0.6) is 0 Å². The van der Waals surface area contributed by atoms with Gasteiger partial charge in [0.1, 0.15) is 6.54 Å². The summed E-state index contributed by atoms with van der Waals surface area (Å²) in [5.41, 5.74) is -1.55. The highest BCUT2D eigenvalue weighted by molar-refractivity contribution is 5.98. The Kier molecular flexibility index (Phi) is 2.65. The molecule has 0 amide bonds. The number of aromatic carboxylic acids is 2. The topological polar surface area (TPSA) is 143 Å². The van der Waals surface area contributed by atoms with E-state index in [4.69, 9.17) is 15.3 Å². The Morgan fingerprint density at radius 1 is 1.13 bits per heavy atom. The fraction of sp³-hybridized carbons (Fsp3) is 0.167. The number of aromatic nitrogens is 3. The predicted octanol–water partition coefficient (Wildman–Crippen LogP) is -1.24. The summed E-state index contributed by atoms with van der Waals surface area (Å²) < 4.78 is 0.494. The van der Waals surface area contributed by atoms with Crippen LogP contribution in [0.2, 0.25) is 0 Å². The third-order valence-electron chi connectivity index (χ3n) is 1.43. The number of nitrogens with zero attached hydrogens (tertiary/aromatic N) is 3. The van der Waals surface area contributed by atoms with Gasteiger partial charge in [0.15, 0.2) is 5.69 Å². The van der Waals surface area contributed by atoms with Gasteiger partial charge >= 0.3 is 17.9 Å². The molecule has 1 rings (SSSR count). The molecule has 0 bridgehead atoms. The van der Waals surface area contributed by atoms with Gasteiger partial charge in [0, 0.05) is 0 Å². The molecular formula is C6H5N3O6. The van der Waals surface area contributed by atoms with Crippen molar-refractivity contribution in [2.45, 2.75) is 6.54 Å². The highest BCUT2D eigenvalue weighted by Crippen LogP contribution is 2.05. The van der Waals surface area contributed by atoms with Crippen molar-refractivity contribution in [1.29, 1.82) is 0 Å². The van der Waals surface area contributed by atoms with Gasteiger partial charge in [-0.2, -0.15) is 0 Å². The minimum atomic E-state index is -1.60. The Morgan fingerprint density at radius 3 is 2.13 bits per heavy atom. The lowest BCUT2D eigenvalue weighted by Crippen LogP contribution is -2.17. The van der Waals surface area contributed by atoms with Gasteiger partial charge in [0.2, 0.25) is 5.69 Å². The van der Waals surface area contributed by atoms with Crippen LogP contribution in [0.1, 0.15) is 21.0 Å². The van der Waals surface area contributed by atoms with Crippen LogP contribution in [-0.2, 0) is 11.3 Å². The van der Waals surface area contributed by atoms with Crippen molar-refractivity contribution in [3.05, 3.63) is 11.4 Å². The summed E-state index contributed by atoms with van der Waals surface area (Å²) >= 11 is 0. The summed E-state index contributed by atoms with van der Waals surface area (Å²) in [4.78, 5) is 31.4. The van der Waals surface area contributed by atoms with E-state index < -0.39 is 35.8 Å². The normalized spacial score (nSPS) is 9.87. The zero-order chi connectivity index (χ0) is 11.6. The molecule has 0 aliphatic heterocycles. The van der Waals surface area contributed by atoms with Crippen LogP contribution in [0.3, 0.4) is 0 Å². The Morgan fingerprint density at radius 2 is 1.73 bits per heavy atom. The zero-order valence-electron chi connectivity index (χ0n) is 7.12. The van der Waals surface area contributed by atoms with Crippen molar-refractivity contribution in [3.8, 4) is 0 Å². The second-order valence-electron chi connectivity index (χ2n) is 2.45. The second-order valence-corrected chi connectivity index (χ2v) is 2.45. The third-order valence-corrected chi connectivity index (χ3v) is 1.43. The van der Waals surface area contributed by atoms with E-state index in [0.29, 0.717) is 4.68 Å². The molecule has 80 valence electrons. The molecule has 0 unspecified atom stereocenters. The molecule has 9 heteroatoms. The van der Waals surface area contributed by atoms with Gasteiger partial charge in [0.05, 0.1) is 0 Å². The SMILES string of the molecule is O=C(O)Cn1nnc(C(=O)O)c1C(=O)O. The van der Waals surface area contributed by atoms with Gasteiger partial charge in [-0.05, 0) is 0 Å². The number of rotatable bonds is 4. The summed E-state index contributed by atoms with van der Waals surface area (Å²) in [5.74, 6) is -4.53. The lowest BCUT2D eigenvalue weighted by Gasteiger charge is -1.98. The first-order valence-electron chi connectivity index (χ1n) is 3.55. The molecule has 0 saturated heterocycles. The molecule has 15 heavy (non-hydrogen) atoms. The fourth-order valence-electron chi connectivity index (χ4n) is 0.908. The monoisotopic (exact) mass is 215 g/mol. The Bertz CT molecular complexity index is 436. The van der Waals surface area contributed by atoms with E-state index in [-0.39, 0.29) is 0 Å². The standard InChI is InChI=1S/C6H5N3O6/c10-2(11)1-9-4(6(14)15)3(5(12)13)7-8-9/h1H2,(H,10,11)(H,12,13)(H,14,15). The van der Waals surface area contributed by atoms with E-state index in [1.165, 1.54) is 0 Å². The molecule has 0 aliphatic carbocycles. The molecule has 1 aromatic heterocycles. The molecular weight excluding hydrogens is 210 g/mol. The molecule has 0 saturated carbocycles. The second kappa shape index (κ2) is 3.74. The van der Waals surface area contributed by atoms with Crippen molar-refractivity contribution >= 4 is 17.9 Å². The molecule has 9 nitrogen and oxygen atoms in total. The van der Waals surface area contributed by atoms with Gasteiger partial charge < -0.3 is 15.3 Å². The van der Waals surface area contributed by atoms with Gasteiger partial charge in [-0.1, -0.05) is 5.21 Å². The minimum absolute atomic E-state index is 0.494. The molecule has 0 aromatic carbocycles. The molecule has 0 spiro atoms. The Labute approximate surface area is 81.6 Å². The van der Waals surface area contributed by atoms with Crippen molar-refractivity contribution in [2.24, 2.45) is 0 Å². The summed E-state index contributed by atoms with van der Waals surface area (Å²) in [5, 5.41) is 31.7. The zero-order valence-corrected chi connectivity index (χ0v) is 7.12. The molecule has 0 aliphatic rings. The van der Waals surface area contributed by atoms with Crippen molar-refractivity contribution in [1.82, 2.24) is 15.0 Å². The van der Waals surface area contributed by atoms with E-state index in [9.17, 15) is 14.4 Å². The van der Waals surface area contributed by atoms with E-state index >= 15 is 0 Å². The maximum absolute atomic E-state index is 10.6. The Balaban J connectivity index is 3.24. The first kappa shape index (κ1) is 10.6. The molecule has 0 fully saturated rings. The number of carboxylic acids is 3. The summed E-state index contributed by atoms with van der Waals surface area (Å²) in [6, 6.07) is 0. The number of carbonyl (C=O) groups is 3. The van der Waals surface area contributed by atoms with Crippen LogP contribution >= 0.6 is 0 Å². The minimum Gasteiger partial charge on any atom is -0.480 e. The van der Waals surface area contributed by atoms with Gasteiger partial charge in [0.25, 0.3) is 0 Å². The maximum atomic E-state index is 10.6. The lowest BCUT2D eigenvalue weighted by molar-refractivity contribution is -0.137. The van der Waals surface area contributed by atoms with Crippen LogP contribution in [0.15, 0.2) is 0 Å². The van der Waals surface area contributed by atoms with Crippen molar-refractivity contribution in [2.75, 3.05) is 0 Å². The number of hydrogen-bond acceptors (Lipinski definition) is 5. The van der Waals surface area contributed by atoms with Crippen LogP contribution in [-0.4, -0.2) is 48.2 Å². The molecule has 0 radical (unpaired) electrons. The Hall–Kier alpha value is -2.45. The van der Waals surface area contributed by atoms with E-state index in [2.05, 4.69) is 10.3 Å². The van der Waals surface area contributed by atoms with Gasteiger partial charge in [-0.25, -0.2) is 14.3 Å². The van der Waals surface area contributed by atoms with Crippen LogP contribution in [0.4, 0.5) is 0 Å². The van der Waals surface area contributed by atoms with Crippen molar-refractivity contribution in [3.63, 3.8) is 0 Å². The summed E-state index contributed by atoms with van der Waals surface area (Å²) in [6.07, 6.45) is 0. The molecule has 3 N–H and O–H groups in total. The summed E-state index contributed by atoms with van der Waals surface area (Å²) in [6.45, 7) is -0.762. The number of aliphatic carboxylic acids is 1. The average molecular weight is 215 g/mol. The van der Waals surface area contributed by atoms with Gasteiger partial charge in [-0.3, -0.25) is 4.79 Å². The third kappa shape index (κ3) is 2.07. The lowest BCUT2D eigenvalue weighted by atomic mass is 10.3. The fourth-order valence-corrected chi connectivity index (χ4v) is 0.908. The van der Waals surface area contributed by atoms with E-state index in [0.717, 1.165) is 0 Å². The molecule has 1 heterocycles. The maximum Gasteiger partial charge on any atom is 0.359 e. The van der Waals surface area contributed by atoms with Crippen LogP contribution in [0, 0.1) is 0 Å². The summed E-state index contributed by atoms with van der Waals surface area (Å²) in [7, 11) is 0. The van der Waals surface area contributed by atoms with Crippen molar-refractivity contribution < 1.29 is 29.7 Å². The first-order chi connectivity index (χ1) is 6.93. The number of carboxylic acid groups (broad SMARTS) is 3. The molecule has 1 aromatic rings. The van der Waals surface area contributed by atoms with Crippen LogP contribution in [0.25, 0.3) is 0 Å². The highest BCUT2D eigenvalue weighted by Gasteiger charge is 2.25. The smallest absolute Gasteiger partial charge is 0.359 e. The van der Waals surface area contributed by atoms with Gasteiger partial charge in [-0.15, -0.1) is 5.10 Å². The molecule has 0 atom stereocenters. The van der Waals surface area contributed by atoms with E-state index in [1.807, 2.05) is 0 Å². The van der Waals surface area contributed by atoms with Crippen LogP contribution < -0.4 is 0 Å².